The maximum Gasteiger partial charge on any atom is 0.309 e. The van der Waals surface area contributed by atoms with Gasteiger partial charge in [-0.3, -0.25) is 14.4 Å². The van der Waals surface area contributed by atoms with Crippen molar-refractivity contribution in [3.05, 3.63) is 120 Å². The van der Waals surface area contributed by atoms with Crippen LogP contribution in [-0.4, -0.2) is 125 Å². The summed E-state index contributed by atoms with van der Waals surface area (Å²) in [6.07, 6.45) is 17.1. The number of hydrogen-bond acceptors (Lipinski definition) is 13. The van der Waals surface area contributed by atoms with Crippen molar-refractivity contribution in [1.82, 2.24) is 0 Å². The van der Waals surface area contributed by atoms with Crippen LogP contribution >= 0.6 is 0 Å². The Hall–Kier alpha value is -4.15. The summed E-state index contributed by atoms with van der Waals surface area (Å²) in [5.74, 6) is -2.90. The highest BCUT2D eigenvalue weighted by Crippen LogP contribution is 2.27. The second-order valence-corrected chi connectivity index (χ2v) is 15.1. The molecule has 0 spiro atoms. The van der Waals surface area contributed by atoms with E-state index in [9.17, 15) is 39.9 Å². The smallest absolute Gasteiger partial charge is 0.309 e. The maximum absolute atomic E-state index is 13.1. The second-order valence-electron chi connectivity index (χ2n) is 15.1. The van der Waals surface area contributed by atoms with Crippen LogP contribution in [0.3, 0.4) is 0 Å². The summed E-state index contributed by atoms with van der Waals surface area (Å²) in [4.78, 5) is 38.7. The lowest BCUT2D eigenvalue weighted by Crippen LogP contribution is -2.59. The largest absolute Gasteiger partial charge is 0.461 e. The topological polar surface area (TPSA) is 199 Å². The van der Waals surface area contributed by atoms with Crippen molar-refractivity contribution in [3.63, 3.8) is 0 Å². The first-order chi connectivity index (χ1) is 28.4. The normalized spacial score (nSPS) is 34.3. The van der Waals surface area contributed by atoms with E-state index < -0.39 is 90.9 Å². The molecule has 2 aliphatic rings. The Kier molecular flexibility index (Phi) is 23.3. The highest BCUT2D eigenvalue weighted by Gasteiger charge is 2.45. The van der Waals surface area contributed by atoms with Gasteiger partial charge in [-0.2, -0.15) is 0 Å². The Morgan fingerprint density at radius 3 is 2.23 bits per heavy atom. The Balaban J connectivity index is 2.11. The molecule has 0 aromatic heterocycles. The fourth-order valence-electron chi connectivity index (χ4n) is 6.31. The lowest BCUT2D eigenvalue weighted by atomic mass is 9.85. The molecule has 9 unspecified atom stereocenters. The number of esters is 1. The highest BCUT2D eigenvalue weighted by molar-refractivity contribution is 5.99. The van der Waals surface area contributed by atoms with E-state index in [1.807, 2.05) is 0 Å². The van der Waals surface area contributed by atoms with E-state index in [0.29, 0.717) is 16.7 Å². The monoisotopic (exact) mass is 838 g/mol. The fourth-order valence-corrected chi connectivity index (χ4v) is 6.31. The van der Waals surface area contributed by atoms with Gasteiger partial charge in [-0.1, -0.05) is 104 Å². The maximum atomic E-state index is 13.1. The molecule has 0 aromatic carbocycles. The van der Waals surface area contributed by atoms with Gasteiger partial charge in [0.2, 0.25) is 0 Å². The number of ketones is 2. The van der Waals surface area contributed by atoms with Crippen LogP contribution in [0.4, 0.5) is 0 Å². The third-order valence-electron chi connectivity index (χ3n) is 10.4. The first kappa shape index (κ1) is 52.0. The van der Waals surface area contributed by atoms with Gasteiger partial charge in [-0.25, -0.2) is 0 Å². The van der Waals surface area contributed by atoms with Crippen LogP contribution in [0.1, 0.15) is 61.3 Å². The summed E-state index contributed by atoms with van der Waals surface area (Å²) < 4.78 is 28.2. The molecular weight excluding hydrogens is 773 g/mol. The zero-order valence-electron chi connectivity index (χ0n) is 36.2. The molecule has 0 aromatic rings. The molecule has 1 saturated heterocycles. The molecule has 13 nitrogen and oxygen atoms in total. The quantitative estimate of drug-likeness (QED) is 0.0734. The molecule has 0 bridgehead atoms. The standard InChI is InChI=1S/C47H66O13/c1-29-20-19-21-31(3)42(53)38(50)24-17-11-10-12-18-25-40(60-41(52)27-26-30(2)39(51)28-29)33(5)43(54)32(4)36(48)22-15-13-14-16-23-37(49)34(6)58-47-46(57-9)44(55)45(56-8)35(7)59-47/h10-24,26,28,32-35,37-40,43-47,49-51,54-55H,25,27H2,1-9H3/b11-10+,14-13+,18-12+,20-19+,22-15+,23-16+,24-17+,29-28+,30-26+,31-21+/t32-,33?,34+,35?,37+,38?,39-,40?,43?,44?,45?,46?,47?/m1/s1. The molecule has 332 valence electrons. The van der Waals surface area contributed by atoms with Crippen LogP contribution in [0.15, 0.2) is 120 Å². The molecule has 0 amide bonds. The number of carbonyl (C=O) groups excluding carboxylic acids is 3. The van der Waals surface area contributed by atoms with E-state index in [1.165, 1.54) is 44.6 Å². The lowest BCUT2D eigenvalue weighted by molar-refractivity contribution is -0.314. The summed E-state index contributed by atoms with van der Waals surface area (Å²) in [6, 6.07) is 0. The average Bonchev–Trinajstić information content (AvgIpc) is 3.21. The van der Waals surface area contributed by atoms with Crippen LogP contribution in [0.25, 0.3) is 0 Å². The lowest BCUT2D eigenvalue weighted by Gasteiger charge is -2.43. The number of Topliss-reactive ketones (excluding diaryl/α,β-unsaturated/α-hetero) is 1. The van der Waals surface area contributed by atoms with Crippen molar-refractivity contribution in [2.24, 2.45) is 11.8 Å². The minimum absolute atomic E-state index is 0.130. The van der Waals surface area contributed by atoms with Crippen molar-refractivity contribution in [1.29, 1.82) is 0 Å². The highest BCUT2D eigenvalue weighted by atomic mass is 16.7. The number of rotatable bonds is 13. The van der Waals surface area contributed by atoms with Gasteiger partial charge in [-0.15, -0.1) is 0 Å². The molecule has 0 radical (unpaired) electrons. The van der Waals surface area contributed by atoms with Crippen LogP contribution < -0.4 is 0 Å². The van der Waals surface area contributed by atoms with Gasteiger partial charge in [0.1, 0.15) is 30.5 Å². The van der Waals surface area contributed by atoms with E-state index >= 15 is 0 Å². The number of aliphatic hydroxyl groups excluding tert-OH is 5. The number of allylic oxidation sites excluding steroid dienone is 13. The number of methoxy groups -OCH3 is 2. The Bertz CT molecular complexity index is 1700. The van der Waals surface area contributed by atoms with E-state index in [2.05, 4.69) is 0 Å². The second kappa shape index (κ2) is 26.9. The van der Waals surface area contributed by atoms with E-state index in [-0.39, 0.29) is 18.6 Å². The summed E-state index contributed by atoms with van der Waals surface area (Å²) in [6.45, 7) is 11.8. The molecule has 2 aliphatic heterocycles. The van der Waals surface area contributed by atoms with Crippen molar-refractivity contribution < 1.29 is 63.6 Å². The summed E-state index contributed by atoms with van der Waals surface area (Å²) in [5.41, 5.74) is 1.59. The molecule has 5 N–H and O–H groups in total. The average molecular weight is 839 g/mol. The third kappa shape index (κ3) is 17.1. The fraction of sp³-hybridized carbons (Fsp3) is 0.511. The number of hydrogen-bond donors (Lipinski definition) is 5. The Labute approximate surface area is 355 Å². The Morgan fingerprint density at radius 2 is 1.55 bits per heavy atom. The van der Waals surface area contributed by atoms with Gasteiger partial charge >= 0.3 is 5.97 Å². The summed E-state index contributed by atoms with van der Waals surface area (Å²) >= 11 is 0. The molecule has 13 atom stereocenters. The third-order valence-corrected chi connectivity index (χ3v) is 10.4. The predicted molar refractivity (Wildman–Crippen MR) is 229 cm³/mol. The van der Waals surface area contributed by atoms with E-state index in [0.717, 1.165) is 0 Å². The molecule has 0 aliphatic carbocycles. The minimum Gasteiger partial charge on any atom is -0.461 e. The Morgan fingerprint density at radius 1 is 0.883 bits per heavy atom. The van der Waals surface area contributed by atoms with E-state index in [4.69, 9.17) is 23.7 Å². The van der Waals surface area contributed by atoms with Crippen LogP contribution in [0, 0.1) is 11.8 Å². The molecule has 1 fully saturated rings. The number of carbonyl (C=O) groups is 3. The van der Waals surface area contributed by atoms with Crippen molar-refractivity contribution >= 4 is 17.5 Å². The number of ether oxygens (including phenoxy) is 5. The van der Waals surface area contributed by atoms with Crippen LogP contribution in [0.5, 0.6) is 0 Å². The van der Waals surface area contributed by atoms with E-state index in [1.54, 1.807) is 121 Å². The van der Waals surface area contributed by atoms with Gasteiger partial charge in [0.15, 0.2) is 17.9 Å². The summed E-state index contributed by atoms with van der Waals surface area (Å²) in [5, 5.41) is 53.5. The molecule has 60 heavy (non-hydrogen) atoms. The van der Waals surface area contributed by atoms with Gasteiger partial charge in [-0.05, 0) is 64.0 Å². The molecule has 2 rings (SSSR count). The zero-order chi connectivity index (χ0) is 44.9. The molecule has 2 heterocycles. The predicted octanol–water partition coefficient (Wildman–Crippen LogP) is 4.82. The van der Waals surface area contributed by atoms with Gasteiger partial charge in [0, 0.05) is 32.5 Å². The molecule has 13 heteroatoms. The molecular formula is C47H66O13. The van der Waals surface area contributed by atoms with Gasteiger partial charge < -0.3 is 49.2 Å². The zero-order valence-corrected chi connectivity index (χ0v) is 36.2. The van der Waals surface area contributed by atoms with Crippen LogP contribution in [0.2, 0.25) is 0 Å². The minimum atomic E-state index is -1.33. The first-order valence-corrected chi connectivity index (χ1v) is 20.2. The van der Waals surface area contributed by atoms with Gasteiger partial charge in [0.05, 0.1) is 36.9 Å². The first-order valence-electron chi connectivity index (χ1n) is 20.2. The van der Waals surface area contributed by atoms with Crippen LogP contribution in [-0.2, 0) is 38.1 Å². The van der Waals surface area contributed by atoms with Crippen molar-refractivity contribution in [3.8, 4) is 0 Å². The molecule has 0 saturated carbocycles. The SMILES string of the molecule is COC1C(C)OC(O[C@@H](C)[C@@H](O)/C=C/C=C/C=C/C(=O)[C@@H](C)C(O)C(C)C2C/C=C/C=C/C=C/C(O)C(=O)/C(C)=C/C=C/C(C)=C/[C@@H](O)/C(C)=C/CC(=O)O2)C(OC)C1O. The number of aliphatic hydroxyl groups is 5. The number of cyclic esters (lactones) is 1. The van der Waals surface area contributed by atoms with Crippen molar-refractivity contribution in [2.45, 2.75) is 129 Å². The summed E-state index contributed by atoms with van der Waals surface area (Å²) in [7, 11) is 2.90. The van der Waals surface area contributed by atoms with Gasteiger partial charge in [0.25, 0.3) is 0 Å². The van der Waals surface area contributed by atoms with Crippen molar-refractivity contribution in [2.75, 3.05) is 14.2 Å².